The molecule has 18 heavy (non-hydrogen) atoms. The quantitative estimate of drug-likeness (QED) is 0.926. The van der Waals surface area contributed by atoms with Crippen molar-refractivity contribution in [3.05, 3.63) is 22.8 Å². The average Bonchev–Trinajstić information content (AvgIpc) is 2.73. The first-order chi connectivity index (χ1) is 8.58. The Kier molecular flexibility index (Phi) is 3.81. The molecule has 7 heteroatoms. The van der Waals surface area contributed by atoms with E-state index >= 15 is 0 Å². The monoisotopic (exact) mass is 311 g/mol. The van der Waals surface area contributed by atoms with Gasteiger partial charge in [-0.1, -0.05) is 0 Å². The molecular weight excluding hydrogens is 298 g/mol. The van der Waals surface area contributed by atoms with Gasteiger partial charge in [-0.15, -0.1) is 5.10 Å². The van der Waals surface area contributed by atoms with E-state index in [0.29, 0.717) is 18.9 Å². The van der Waals surface area contributed by atoms with Crippen LogP contribution < -0.4 is 5.32 Å². The van der Waals surface area contributed by atoms with Crippen molar-refractivity contribution in [3.8, 4) is 0 Å². The average molecular weight is 312 g/mol. The molecule has 0 fully saturated rings. The summed E-state index contributed by atoms with van der Waals surface area (Å²) in [7, 11) is 3.48. The Bertz CT molecular complexity index is 566. The lowest BCUT2D eigenvalue weighted by Crippen LogP contribution is -2.24. The summed E-state index contributed by atoms with van der Waals surface area (Å²) in [6, 6.07) is 3.79. The lowest BCUT2D eigenvalue weighted by atomic mass is 10.4. The van der Waals surface area contributed by atoms with E-state index in [1.54, 1.807) is 23.5 Å². The molecule has 0 aliphatic rings. The zero-order chi connectivity index (χ0) is 13.1. The van der Waals surface area contributed by atoms with Crippen molar-refractivity contribution in [2.45, 2.75) is 6.42 Å². The summed E-state index contributed by atoms with van der Waals surface area (Å²) in [5.41, 5.74) is 0.749. The minimum Gasteiger partial charge on any atom is -0.352 e. The number of rotatable bonds is 4. The molecule has 0 bridgehead atoms. The van der Waals surface area contributed by atoms with E-state index in [4.69, 9.17) is 0 Å². The van der Waals surface area contributed by atoms with Gasteiger partial charge in [0, 0.05) is 33.3 Å². The smallest absolute Gasteiger partial charge is 0.243 e. The van der Waals surface area contributed by atoms with Crippen molar-refractivity contribution in [1.29, 1.82) is 0 Å². The van der Waals surface area contributed by atoms with E-state index in [1.165, 1.54) is 0 Å². The second-order valence-electron chi connectivity index (χ2n) is 4.02. The largest absolute Gasteiger partial charge is 0.352 e. The Balaban J connectivity index is 2.00. The standard InChI is InChI=1S/C11H14BrN5O/c1-16(2)9(18)5-6-13-11-14-10-8(12)4-3-7-17(10)15-11/h3-4,7H,5-6H2,1-2H3,(H,13,15). The number of hydrogen-bond donors (Lipinski definition) is 1. The highest BCUT2D eigenvalue weighted by Gasteiger charge is 2.07. The summed E-state index contributed by atoms with van der Waals surface area (Å²) < 4.78 is 2.56. The van der Waals surface area contributed by atoms with E-state index in [0.717, 1.165) is 10.1 Å². The molecule has 0 unspecified atom stereocenters. The maximum atomic E-state index is 11.4. The van der Waals surface area contributed by atoms with Gasteiger partial charge >= 0.3 is 0 Å². The molecule has 1 N–H and O–H groups in total. The number of nitrogens with one attached hydrogen (secondary N) is 1. The Morgan fingerprint density at radius 2 is 2.33 bits per heavy atom. The third kappa shape index (κ3) is 2.79. The number of carbonyl (C=O) groups is 1. The molecule has 0 radical (unpaired) electrons. The van der Waals surface area contributed by atoms with Crippen LogP contribution >= 0.6 is 15.9 Å². The molecule has 0 saturated heterocycles. The molecule has 0 saturated carbocycles. The van der Waals surface area contributed by atoms with Gasteiger partial charge in [-0.05, 0) is 28.1 Å². The number of hydrogen-bond acceptors (Lipinski definition) is 4. The molecule has 0 aromatic carbocycles. The second-order valence-corrected chi connectivity index (χ2v) is 4.88. The van der Waals surface area contributed by atoms with Gasteiger partial charge in [-0.25, -0.2) is 4.52 Å². The Hall–Kier alpha value is -1.63. The van der Waals surface area contributed by atoms with Crippen molar-refractivity contribution in [1.82, 2.24) is 19.5 Å². The van der Waals surface area contributed by atoms with Gasteiger partial charge < -0.3 is 10.2 Å². The van der Waals surface area contributed by atoms with E-state index in [-0.39, 0.29) is 5.91 Å². The first-order valence-electron chi connectivity index (χ1n) is 5.53. The van der Waals surface area contributed by atoms with Crippen LogP contribution in [0.4, 0.5) is 5.95 Å². The molecular formula is C11H14BrN5O. The molecule has 96 valence electrons. The molecule has 2 aromatic heterocycles. The summed E-state index contributed by atoms with van der Waals surface area (Å²) in [6.07, 6.45) is 2.24. The number of amides is 1. The number of halogens is 1. The summed E-state index contributed by atoms with van der Waals surface area (Å²) >= 11 is 3.41. The third-order valence-electron chi connectivity index (χ3n) is 2.44. The fourth-order valence-electron chi connectivity index (χ4n) is 1.45. The van der Waals surface area contributed by atoms with Crippen LogP contribution in [0.3, 0.4) is 0 Å². The fraction of sp³-hybridized carbons (Fsp3) is 0.364. The molecule has 2 rings (SSSR count). The van der Waals surface area contributed by atoms with E-state index in [1.807, 2.05) is 18.3 Å². The highest BCUT2D eigenvalue weighted by molar-refractivity contribution is 9.10. The number of pyridine rings is 1. The van der Waals surface area contributed by atoms with E-state index < -0.39 is 0 Å². The highest BCUT2D eigenvalue weighted by atomic mass is 79.9. The van der Waals surface area contributed by atoms with Crippen LogP contribution in [0.2, 0.25) is 0 Å². The molecule has 0 aliphatic heterocycles. The van der Waals surface area contributed by atoms with Gasteiger partial charge in [0.05, 0.1) is 4.47 Å². The molecule has 6 nitrogen and oxygen atoms in total. The minimum absolute atomic E-state index is 0.0763. The normalized spacial score (nSPS) is 10.6. The number of fused-ring (bicyclic) bond motifs is 1. The molecule has 1 amide bonds. The van der Waals surface area contributed by atoms with Crippen LogP contribution in [-0.2, 0) is 4.79 Å². The van der Waals surface area contributed by atoms with Crippen LogP contribution in [0.15, 0.2) is 22.8 Å². The van der Waals surface area contributed by atoms with Gasteiger partial charge in [0.2, 0.25) is 11.9 Å². The minimum atomic E-state index is 0.0763. The van der Waals surface area contributed by atoms with Crippen LogP contribution in [0.5, 0.6) is 0 Å². The van der Waals surface area contributed by atoms with Crippen molar-refractivity contribution in [2.24, 2.45) is 0 Å². The maximum absolute atomic E-state index is 11.4. The highest BCUT2D eigenvalue weighted by Crippen LogP contribution is 2.16. The lowest BCUT2D eigenvalue weighted by molar-refractivity contribution is -0.128. The zero-order valence-electron chi connectivity index (χ0n) is 10.2. The zero-order valence-corrected chi connectivity index (χ0v) is 11.8. The molecule has 0 spiro atoms. The summed E-state index contributed by atoms with van der Waals surface area (Å²) in [5.74, 6) is 0.598. The molecule has 0 atom stereocenters. The summed E-state index contributed by atoms with van der Waals surface area (Å²) in [5, 5.41) is 7.29. The maximum Gasteiger partial charge on any atom is 0.243 e. The predicted molar refractivity (Wildman–Crippen MR) is 72.5 cm³/mol. The van der Waals surface area contributed by atoms with Crippen LogP contribution in [-0.4, -0.2) is 46.0 Å². The van der Waals surface area contributed by atoms with E-state index in [9.17, 15) is 4.79 Å². The number of anilines is 1. The number of aromatic nitrogens is 3. The van der Waals surface area contributed by atoms with Gasteiger partial charge in [0.25, 0.3) is 0 Å². The van der Waals surface area contributed by atoms with Crippen molar-refractivity contribution in [2.75, 3.05) is 26.0 Å². The topological polar surface area (TPSA) is 62.5 Å². The van der Waals surface area contributed by atoms with E-state index in [2.05, 4.69) is 31.3 Å². The van der Waals surface area contributed by atoms with Crippen molar-refractivity contribution in [3.63, 3.8) is 0 Å². The molecule has 2 heterocycles. The SMILES string of the molecule is CN(C)C(=O)CCNc1nc2c(Br)cccn2n1. The van der Waals surface area contributed by atoms with Crippen LogP contribution in [0.1, 0.15) is 6.42 Å². The Labute approximate surface area is 113 Å². The second kappa shape index (κ2) is 5.34. The van der Waals surface area contributed by atoms with Crippen LogP contribution in [0.25, 0.3) is 5.65 Å². The summed E-state index contributed by atoms with van der Waals surface area (Å²) in [6.45, 7) is 0.519. The Morgan fingerprint density at radius 1 is 1.56 bits per heavy atom. The van der Waals surface area contributed by atoms with Gasteiger partial charge in [0.1, 0.15) is 0 Å². The van der Waals surface area contributed by atoms with Crippen LogP contribution in [0, 0.1) is 0 Å². The lowest BCUT2D eigenvalue weighted by Gasteiger charge is -2.09. The molecule has 0 aliphatic carbocycles. The number of carbonyl (C=O) groups excluding carboxylic acids is 1. The van der Waals surface area contributed by atoms with Gasteiger partial charge in [0.15, 0.2) is 5.65 Å². The van der Waals surface area contributed by atoms with Gasteiger partial charge in [-0.2, -0.15) is 4.98 Å². The van der Waals surface area contributed by atoms with Gasteiger partial charge in [-0.3, -0.25) is 4.79 Å². The van der Waals surface area contributed by atoms with Crippen molar-refractivity contribution >= 4 is 33.4 Å². The predicted octanol–water partition coefficient (Wildman–Crippen LogP) is 1.38. The van der Waals surface area contributed by atoms with Crippen molar-refractivity contribution < 1.29 is 4.79 Å². The molecule has 2 aromatic rings. The first kappa shape index (κ1) is 12.8. The third-order valence-corrected chi connectivity index (χ3v) is 3.05. The number of nitrogens with zero attached hydrogens (tertiary/aromatic N) is 4. The fourth-order valence-corrected chi connectivity index (χ4v) is 1.88. The Morgan fingerprint density at radius 3 is 3.00 bits per heavy atom. The first-order valence-corrected chi connectivity index (χ1v) is 6.32. The summed E-state index contributed by atoms with van der Waals surface area (Å²) in [4.78, 5) is 17.3.